The number of carbonyl (C=O) groups is 1. The molecule has 1 aliphatic heterocycles. The van der Waals surface area contributed by atoms with Gasteiger partial charge in [0, 0.05) is 25.6 Å². The first kappa shape index (κ1) is 10.4. The van der Waals surface area contributed by atoms with Gasteiger partial charge in [-0.3, -0.25) is 0 Å². The molecule has 1 N–H and O–H groups in total. The molecule has 0 unspecified atom stereocenters. The largest absolute Gasteiger partial charge is 0.476 e. The van der Waals surface area contributed by atoms with Crippen molar-refractivity contribution in [3.05, 3.63) is 11.1 Å². The van der Waals surface area contributed by atoms with Crippen molar-refractivity contribution in [2.75, 3.05) is 25.1 Å². The molecule has 1 aromatic heterocycles. The van der Waals surface area contributed by atoms with Crippen LogP contribution in [0.1, 0.15) is 16.9 Å². The van der Waals surface area contributed by atoms with Gasteiger partial charge in [0.1, 0.15) is 0 Å². The van der Waals surface area contributed by atoms with Crippen LogP contribution in [-0.4, -0.2) is 42.4 Å². The first-order chi connectivity index (χ1) is 7.20. The summed E-state index contributed by atoms with van der Waals surface area (Å²) >= 11 is 1.37. The van der Waals surface area contributed by atoms with Crippen molar-refractivity contribution in [1.29, 1.82) is 0 Å². The number of anilines is 1. The summed E-state index contributed by atoms with van der Waals surface area (Å²) in [4.78, 5) is 16.8. The van der Waals surface area contributed by atoms with Crippen molar-refractivity contribution in [3.63, 3.8) is 0 Å². The average Bonchev–Trinajstić information content (AvgIpc) is 2.86. The Kier molecular flexibility index (Phi) is 2.88. The molecule has 1 aliphatic rings. The SMILES string of the molecule is CO[C@H]1CCN(c2nc(C(=O)O)cs2)C1. The van der Waals surface area contributed by atoms with Gasteiger partial charge in [-0.1, -0.05) is 0 Å². The smallest absolute Gasteiger partial charge is 0.355 e. The molecule has 0 amide bonds. The molecule has 15 heavy (non-hydrogen) atoms. The summed E-state index contributed by atoms with van der Waals surface area (Å²) in [6.45, 7) is 1.67. The molecule has 1 fully saturated rings. The second-order valence-electron chi connectivity index (χ2n) is 3.41. The van der Waals surface area contributed by atoms with Crippen molar-refractivity contribution in [3.8, 4) is 0 Å². The third-order valence-electron chi connectivity index (χ3n) is 2.46. The van der Waals surface area contributed by atoms with E-state index in [1.807, 2.05) is 0 Å². The second kappa shape index (κ2) is 4.16. The van der Waals surface area contributed by atoms with Crippen LogP contribution in [0.25, 0.3) is 0 Å². The third kappa shape index (κ3) is 2.10. The van der Waals surface area contributed by atoms with Gasteiger partial charge in [0.2, 0.25) is 0 Å². The van der Waals surface area contributed by atoms with E-state index in [0.717, 1.165) is 24.6 Å². The Bertz CT molecular complexity index is 366. The van der Waals surface area contributed by atoms with Crippen LogP contribution in [0, 0.1) is 0 Å². The standard InChI is InChI=1S/C9H12N2O3S/c1-14-6-2-3-11(4-6)9-10-7(5-15-9)8(12)13/h5-6H,2-4H2,1H3,(H,12,13)/t6-/m0/s1. The molecule has 2 heterocycles. The maximum atomic E-state index is 10.7. The van der Waals surface area contributed by atoms with Crippen molar-refractivity contribution in [1.82, 2.24) is 4.98 Å². The van der Waals surface area contributed by atoms with E-state index in [-0.39, 0.29) is 11.8 Å². The summed E-state index contributed by atoms with van der Waals surface area (Å²) in [6.07, 6.45) is 1.21. The van der Waals surface area contributed by atoms with Crippen molar-refractivity contribution < 1.29 is 14.6 Å². The molecule has 2 rings (SSSR count). The Labute approximate surface area is 91.3 Å². The van der Waals surface area contributed by atoms with E-state index in [4.69, 9.17) is 9.84 Å². The molecule has 0 aromatic carbocycles. The van der Waals surface area contributed by atoms with Gasteiger partial charge in [-0.25, -0.2) is 9.78 Å². The number of carboxylic acid groups (broad SMARTS) is 1. The van der Waals surface area contributed by atoms with Crippen LogP contribution in [-0.2, 0) is 4.74 Å². The maximum Gasteiger partial charge on any atom is 0.355 e. The van der Waals surface area contributed by atoms with Gasteiger partial charge in [0.05, 0.1) is 6.10 Å². The molecule has 0 aliphatic carbocycles. The summed E-state index contributed by atoms with van der Waals surface area (Å²) < 4.78 is 5.24. The number of methoxy groups -OCH3 is 1. The molecule has 6 heteroatoms. The molecule has 5 nitrogen and oxygen atoms in total. The fourth-order valence-corrected chi connectivity index (χ4v) is 2.44. The zero-order chi connectivity index (χ0) is 10.8. The lowest BCUT2D eigenvalue weighted by Crippen LogP contribution is -2.22. The normalized spacial score (nSPS) is 20.9. The lowest BCUT2D eigenvalue weighted by Gasteiger charge is -2.13. The molecule has 0 spiro atoms. The van der Waals surface area contributed by atoms with E-state index in [1.165, 1.54) is 11.3 Å². The van der Waals surface area contributed by atoms with Crippen LogP contribution in [0.5, 0.6) is 0 Å². The quantitative estimate of drug-likeness (QED) is 0.838. The van der Waals surface area contributed by atoms with Gasteiger partial charge in [0.25, 0.3) is 0 Å². The van der Waals surface area contributed by atoms with Crippen LogP contribution >= 0.6 is 11.3 Å². The van der Waals surface area contributed by atoms with Crippen molar-refractivity contribution in [2.24, 2.45) is 0 Å². The number of rotatable bonds is 3. The lowest BCUT2D eigenvalue weighted by atomic mass is 10.3. The topological polar surface area (TPSA) is 62.7 Å². The van der Waals surface area contributed by atoms with Crippen molar-refractivity contribution >= 4 is 22.4 Å². The number of aromatic nitrogens is 1. The van der Waals surface area contributed by atoms with Gasteiger partial charge >= 0.3 is 5.97 Å². The van der Waals surface area contributed by atoms with Gasteiger partial charge in [-0.05, 0) is 6.42 Å². The van der Waals surface area contributed by atoms with E-state index < -0.39 is 5.97 Å². The Morgan fingerprint density at radius 3 is 3.13 bits per heavy atom. The minimum atomic E-state index is -0.972. The number of carboxylic acids is 1. The van der Waals surface area contributed by atoms with E-state index >= 15 is 0 Å². The van der Waals surface area contributed by atoms with Crippen LogP contribution in [0.4, 0.5) is 5.13 Å². The highest BCUT2D eigenvalue weighted by atomic mass is 32.1. The van der Waals surface area contributed by atoms with E-state index in [9.17, 15) is 4.79 Å². The maximum absolute atomic E-state index is 10.7. The molecule has 0 bridgehead atoms. The molecule has 82 valence electrons. The number of ether oxygens (including phenoxy) is 1. The predicted molar refractivity (Wildman–Crippen MR) is 56.7 cm³/mol. The van der Waals surface area contributed by atoms with E-state index in [0.29, 0.717) is 0 Å². The van der Waals surface area contributed by atoms with Gasteiger partial charge in [-0.15, -0.1) is 11.3 Å². The summed E-state index contributed by atoms with van der Waals surface area (Å²) in [7, 11) is 1.69. The summed E-state index contributed by atoms with van der Waals surface area (Å²) in [5, 5.41) is 11.1. The number of hydrogen-bond acceptors (Lipinski definition) is 5. The van der Waals surface area contributed by atoms with Gasteiger partial charge < -0.3 is 14.7 Å². The first-order valence-corrected chi connectivity index (χ1v) is 5.55. The number of hydrogen-bond donors (Lipinski definition) is 1. The highest BCUT2D eigenvalue weighted by Gasteiger charge is 2.24. The van der Waals surface area contributed by atoms with E-state index in [1.54, 1.807) is 12.5 Å². The molecule has 1 aromatic rings. The van der Waals surface area contributed by atoms with Crippen molar-refractivity contribution in [2.45, 2.75) is 12.5 Å². The summed E-state index contributed by atoms with van der Waals surface area (Å²) in [5.74, 6) is -0.972. The zero-order valence-corrected chi connectivity index (χ0v) is 9.16. The highest BCUT2D eigenvalue weighted by molar-refractivity contribution is 7.13. The fourth-order valence-electron chi connectivity index (χ4n) is 1.60. The van der Waals surface area contributed by atoms with E-state index in [2.05, 4.69) is 9.88 Å². The Balaban J connectivity index is 2.07. The number of nitrogens with zero attached hydrogens (tertiary/aromatic N) is 2. The first-order valence-electron chi connectivity index (χ1n) is 4.67. The van der Waals surface area contributed by atoms with Crippen LogP contribution in [0.3, 0.4) is 0 Å². The third-order valence-corrected chi connectivity index (χ3v) is 3.36. The molecule has 0 radical (unpaired) electrons. The fraction of sp³-hybridized carbons (Fsp3) is 0.556. The monoisotopic (exact) mass is 228 g/mol. The number of thiazole rings is 1. The Morgan fingerprint density at radius 1 is 1.80 bits per heavy atom. The lowest BCUT2D eigenvalue weighted by molar-refractivity contribution is 0.0691. The minimum absolute atomic E-state index is 0.121. The summed E-state index contributed by atoms with van der Waals surface area (Å²) in [6, 6.07) is 0. The second-order valence-corrected chi connectivity index (χ2v) is 4.25. The predicted octanol–water partition coefficient (Wildman–Crippen LogP) is 1.07. The van der Waals surface area contributed by atoms with Crippen LogP contribution < -0.4 is 4.90 Å². The van der Waals surface area contributed by atoms with Crippen LogP contribution in [0.2, 0.25) is 0 Å². The Hall–Kier alpha value is -1.14. The molecular formula is C9H12N2O3S. The van der Waals surface area contributed by atoms with Crippen LogP contribution in [0.15, 0.2) is 5.38 Å². The highest BCUT2D eigenvalue weighted by Crippen LogP contribution is 2.25. The zero-order valence-electron chi connectivity index (χ0n) is 8.34. The average molecular weight is 228 g/mol. The molecule has 1 atom stereocenters. The van der Waals surface area contributed by atoms with Gasteiger partial charge in [-0.2, -0.15) is 0 Å². The Morgan fingerprint density at radius 2 is 2.60 bits per heavy atom. The minimum Gasteiger partial charge on any atom is -0.476 e. The van der Waals surface area contributed by atoms with Gasteiger partial charge in [0.15, 0.2) is 10.8 Å². The summed E-state index contributed by atoms with van der Waals surface area (Å²) in [5.41, 5.74) is 0.121. The molecule has 0 saturated carbocycles. The molecular weight excluding hydrogens is 216 g/mol. The number of aromatic carboxylic acids is 1. The molecule has 1 saturated heterocycles.